The van der Waals surface area contributed by atoms with Crippen LogP contribution in [-0.4, -0.2) is 38.3 Å². The largest absolute Gasteiger partial charge is 0.445 e. The van der Waals surface area contributed by atoms with Crippen molar-refractivity contribution in [2.75, 3.05) is 6.61 Å². The zero-order chi connectivity index (χ0) is 19.8. The number of carbonyl (C=O) groups is 1. The maximum Gasteiger partial charge on any atom is 0.407 e. The van der Waals surface area contributed by atoms with E-state index < -0.39 is 26.6 Å². The van der Waals surface area contributed by atoms with Crippen molar-refractivity contribution in [2.24, 2.45) is 0 Å². The number of ether oxygens (including phenoxy) is 1. The van der Waals surface area contributed by atoms with Gasteiger partial charge in [0, 0.05) is 0 Å². The summed E-state index contributed by atoms with van der Waals surface area (Å²) in [5.74, 6) is 0. The fraction of sp³-hybridized carbons (Fsp3) is 0.550. The second kappa shape index (κ2) is 9.90. The summed E-state index contributed by atoms with van der Waals surface area (Å²) in [4.78, 5) is 12.1. The van der Waals surface area contributed by atoms with E-state index in [4.69, 9.17) is 9.16 Å². The van der Waals surface area contributed by atoms with Crippen LogP contribution in [0.4, 0.5) is 4.79 Å². The Hall–Kier alpha value is -1.63. The average Bonchev–Trinajstić information content (AvgIpc) is 2.56. The lowest BCUT2D eigenvalue weighted by atomic mass is 10.1. The van der Waals surface area contributed by atoms with Crippen LogP contribution in [0.3, 0.4) is 0 Å². The molecule has 0 aliphatic rings. The predicted octanol–water partition coefficient (Wildman–Crippen LogP) is 4.24. The highest BCUT2D eigenvalue weighted by Gasteiger charge is 2.38. The lowest BCUT2D eigenvalue weighted by Gasteiger charge is -2.37. The van der Waals surface area contributed by atoms with E-state index in [9.17, 15) is 9.90 Å². The second-order valence-electron chi connectivity index (χ2n) is 7.98. The Morgan fingerprint density at radius 3 is 2.46 bits per heavy atom. The Morgan fingerprint density at radius 1 is 1.31 bits per heavy atom. The van der Waals surface area contributed by atoms with Gasteiger partial charge in [0.2, 0.25) is 0 Å². The van der Waals surface area contributed by atoms with Crippen LogP contribution in [0, 0.1) is 0 Å². The van der Waals surface area contributed by atoms with Crippen molar-refractivity contribution in [3.05, 3.63) is 48.6 Å². The molecule has 0 aliphatic heterocycles. The normalized spacial score (nSPS) is 14.4. The highest BCUT2D eigenvalue weighted by Crippen LogP contribution is 2.36. The number of amides is 1. The van der Waals surface area contributed by atoms with Crippen molar-refractivity contribution in [2.45, 2.75) is 64.1 Å². The second-order valence-corrected chi connectivity index (χ2v) is 12.8. The van der Waals surface area contributed by atoms with Gasteiger partial charge in [-0.3, -0.25) is 0 Å². The maximum absolute atomic E-state index is 12.1. The quantitative estimate of drug-likeness (QED) is 0.497. The van der Waals surface area contributed by atoms with Crippen molar-refractivity contribution in [3.63, 3.8) is 0 Å². The van der Waals surface area contributed by atoms with E-state index in [0.29, 0.717) is 6.42 Å². The number of hydrogen-bond donors (Lipinski definition) is 2. The van der Waals surface area contributed by atoms with E-state index in [1.807, 2.05) is 30.3 Å². The number of alkyl carbamates (subject to hydrolysis) is 1. The fourth-order valence-corrected chi connectivity index (χ4v) is 3.04. The Balaban J connectivity index is 2.65. The van der Waals surface area contributed by atoms with E-state index in [2.05, 4.69) is 45.8 Å². The maximum atomic E-state index is 12.1. The molecule has 6 heteroatoms. The van der Waals surface area contributed by atoms with E-state index >= 15 is 0 Å². The van der Waals surface area contributed by atoms with Gasteiger partial charge < -0.3 is 19.6 Å². The van der Waals surface area contributed by atoms with Crippen LogP contribution in [0.25, 0.3) is 0 Å². The minimum atomic E-state index is -1.99. The summed E-state index contributed by atoms with van der Waals surface area (Å²) in [6, 6.07) is 8.91. The highest BCUT2D eigenvalue weighted by molar-refractivity contribution is 6.74. The van der Waals surface area contributed by atoms with Crippen LogP contribution in [0.1, 0.15) is 32.8 Å². The number of rotatable bonds is 9. The molecule has 2 N–H and O–H groups in total. The molecule has 0 radical (unpaired) electrons. The minimum absolute atomic E-state index is 0.0504. The number of benzene rings is 1. The molecule has 1 aromatic carbocycles. The number of nitrogens with one attached hydrogen (secondary N) is 1. The van der Waals surface area contributed by atoms with Gasteiger partial charge in [-0.1, -0.05) is 57.2 Å². The number of aliphatic hydroxyl groups excluding tert-OH is 1. The van der Waals surface area contributed by atoms with Gasteiger partial charge in [-0.05, 0) is 30.1 Å². The minimum Gasteiger partial charge on any atom is -0.445 e. The molecule has 0 heterocycles. The van der Waals surface area contributed by atoms with Crippen molar-refractivity contribution in [1.82, 2.24) is 5.32 Å². The highest BCUT2D eigenvalue weighted by atomic mass is 28.4. The number of hydrogen-bond acceptors (Lipinski definition) is 4. The third-order valence-electron chi connectivity index (χ3n) is 4.82. The summed E-state index contributed by atoms with van der Waals surface area (Å²) < 4.78 is 11.4. The molecule has 0 saturated heterocycles. The molecule has 26 heavy (non-hydrogen) atoms. The van der Waals surface area contributed by atoms with Crippen LogP contribution in [0.15, 0.2) is 43.0 Å². The molecule has 2 atom stereocenters. The lowest BCUT2D eigenvalue weighted by molar-refractivity contribution is 0.0801. The van der Waals surface area contributed by atoms with Gasteiger partial charge in [0.15, 0.2) is 8.32 Å². The van der Waals surface area contributed by atoms with Crippen LogP contribution >= 0.6 is 0 Å². The summed E-state index contributed by atoms with van der Waals surface area (Å²) in [7, 11) is -1.99. The molecule has 0 saturated carbocycles. The first-order chi connectivity index (χ1) is 12.1. The summed E-state index contributed by atoms with van der Waals surface area (Å²) in [5.41, 5.74) is 0.906. The van der Waals surface area contributed by atoms with Gasteiger partial charge in [0.1, 0.15) is 6.61 Å². The van der Waals surface area contributed by atoms with Gasteiger partial charge >= 0.3 is 6.09 Å². The molecule has 1 amide bonds. The van der Waals surface area contributed by atoms with Crippen LogP contribution < -0.4 is 5.32 Å². The monoisotopic (exact) mass is 379 g/mol. The number of carbonyl (C=O) groups excluding carboxylic acids is 1. The molecular weight excluding hydrogens is 346 g/mol. The summed E-state index contributed by atoms with van der Waals surface area (Å²) in [5, 5.41) is 13.1. The van der Waals surface area contributed by atoms with E-state index in [0.717, 1.165) is 5.56 Å². The Labute approximate surface area is 158 Å². The third-order valence-corrected chi connectivity index (χ3v) is 9.32. The average molecular weight is 380 g/mol. The molecular formula is C20H33NO4Si. The van der Waals surface area contributed by atoms with Crippen molar-refractivity contribution in [1.29, 1.82) is 0 Å². The van der Waals surface area contributed by atoms with E-state index in [-0.39, 0.29) is 18.3 Å². The molecule has 0 aromatic heterocycles. The first-order valence-corrected chi connectivity index (χ1v) is 11.9. The smallest absolute Gasteiger partial charge is 0.407 e. The molecule has 0 spiro atoms. The molecule has 0 fully saturated rings. The van der Waals surface area contributed by atoms with Gasteiger partial charge in [0.05, 0.1) is 18.8 Å². The van der Waals surface area contributed by atoms with Crippen molar-refractivity contribution < 1.29 is 19.1 Å². The SMILES string of the molecule is C=CC[C@H](O)[C@H](CO[Si](C)(C)C(C)(C)C)NC(=O)OCc1ccccc1. The molecule has 0 unspecified atom stereocenters. The summed E-state index contributed by atoms with van der Waals surface area (Å²) in [6.07, 6.45) is 0.646. The van der Waals surface area contributed by atoms with E-state index in [1.165, 1.54) is 0 Å². The molecule has 0 bridgehead atoms. The van der Waals surface area contributed by atoms with Crippen LogP contribution in [-0.2, 0) is 15.8 Å². The summed E-state index contributed by atoms with van der Waals surface area (Å²) >= 11 is 0. The third kappa shape index (κ3) is 7.31. The molecule has 0 aliphatic carbocycles. The van der Waals surface area contributed by atoms with E-state index in [1.54, 1.807) is 6.08 Å². The van der Waals surface area contributed by atoms with Gasteiger partial charge in [-0.25, -0.2) is 4.79 Å². The first kappa shape index (κ1) is 22.4. The molecule has 1 aromatic rings. The molecule has 146 valence electrons. The van der Waals surface area contributed by atoms with Gasteiger partial charge in [-0.2, -0.15) is 0 Å². The molecule has 5 nitrogen and oxygen atoms in total. The fourth-order valence-electron chi connectivity index (χ4n) is 2.01. The Bertz CT molecular complexity index is 569. The topological polar surface area (TPSA) is 67.8 Å². The van der Waals surface area contributed by atoms with Gasteiger partial charge in [0.25, 0.3) is 0 Å². The van der Waals surface area contributed by atoms with Crippen LogP contribution in [0.2, 0.25) is 18.1 Å². The number of aliphatic hydroxyl groups is 1. The standard InChI is InChI=1S/C20H33NO4Si/c1-7-11-18(22)17(15-25-26(5,6)20(2,3)4)21-19(23)24-14-16-12-9-8-10-13-16/h7-10,12-13,17-18,22H,1,11,14-15H2,2-6H3,(H,21,23)/t17-,18-/m0/s1. The lowest BCUT2D eigenvalue weighted by Crippen LogP contribution is -2.50. The first-order valence-electron chi connectivity index (χ1n) is 8.97. The van der Waals surface area contributed by atoms with Crippen LogP contribution in [0.5, 0.6) is 0 Å². The van der Waals surface area contributed by atoms with Gasteiger partial charge in [-0.15, -0.1) is 6.58 Å². The Morgan fingerprint density at radius 2 is 1.92 bits per heavy atom. The summed E-state index contributed by atoms with van der Waals surface area (Å²) in [6.45, 7) is 14.8. The zero-order valence-corrected chi connectivity index (χ0v) is 17.6. The van der Waals surface area contributed by atoms with Crippen molar-refractivity contribution >= 4 is 14.4 Å². The van der Waals surface area contributed by atoms with Crippen molar-refractivity contribution in [3.8, 4) is 0 Å². The molecule has 1 rings (SSSR count). The predicted molar refractivity (Wildman–Crippen MR) is 108 cm³/mol. The zero-order valence-electron chi connectivity index (χ0n) is 16.6. The Kier molecular flexibility index (Phi) is 8.53.